The molecule has 1 fully saturated rings. The highest BCUT2D eigenvalue weighted by Gasteiger charge is 2.48. The second kappa shape index (κ2) is 9.43. The Bertz CT molecular complexity index is 817. The molecule has 156 valence electrons. The number of hydrogen-bond donors (Lipinski definition) is 0. The molecule has 1 aliphatic rings. The van der Waals surface area contributed by atoms with Crippen molar-refractivity contribution >= 4 is 23.2 Å². The van der Waals surface area contributed by atoms with Gasteiger partial charge in [0, 0.05) is 11.8 Å². The molecule has 0 aromatic heterocycles. The van der Waals surface area contributed by atoms with Crippen LogP contribution in [-0.4, -0.2) is 25.2 Å². The average Bonchev–Trinajstić information content (AvgIpc) is 2.80. The summed E-state index contributed by atoms with van der Waals surface area (Å²) in [4.78, 5) is 0. The van der Waals surface area contributed by atoms with Gasteiger partial charge in [0.2, 0.25) is 0 Å². The lowest BCUT2D eigenvalue weighted by Gasteiger charge is -2.39. The Kier molecular flexibility index (Phi) is 6.68. The smallest absolute Gasteiger partial charge is 0.155 e. The molecular weight excluding hydrogens is 387 g/mol. The van der Waals surface area contributed by atoms with Gasteiger partial charge < -0.3 is 9.47 Å². The first-order valence-electron chi connectivity index (χ1n) is 10.9. The Morgan fingerprint density at radius 2 is 1.20 bits per heavy atom. The van der Waals surface area contributed by atoms with Crippen LogP contribution in [0.1, 0.15) is 20.8 Å². The van der Waals surface area contributed by atoms with Crippen LogP contribution in [-0.2, 0) is 9.47 Å². The molecule has 1 heterocycles. The van der Waals surface area contributed by atoms with Gasteiger partial charge in [0.1, 0.15) is 23.2 Å². The van der Waals surface area contributed by atoms with E-state index in [4.69, 9.17) is 9.47 Å². The van der Waals surface area contributed by atoms with Crippen LogP contribution in [0.2, 0.25) is 0 Å². The van der Waals surface area contributed by atoms with Crippen LogP contribution >= 0.6 is 7.26 Å². The second-order valence-corrected chi connectivity index (χ2v) is 12.0. The lowest BCUT2D eigenvalue weighted by atomic mass is 9.94. The molecule has 30 heavy (non-hydrogen) atoms. The zero-order valence-corrected chi connectivity index (χ0v) is 19.0. The van der Waals surface area contributed by atoms with Gasteiger partial charge in [-0.05, 0) is 43.3 Å². The van der Waals surface area contributed by atoms with E-state index >= 15 is 0 Å². The summed E-state index contributed by atoms with van der Waals surface area (Å²) < 4.78 is 12.1. The first-order chi connectivity index (χ1) is 14.6. The summed E-state index contributed by atoms with van der Waals surface area (Å²) in [6, 6.07) is 33.3. The lowest BCUT2D eigenvalue weighted by Crippen LogP contribution is -2.44. The molecule has 1 saturated heterocycles. The van der Waals surface area contributed by atoms with Crippen molar-refractivity contribution < 1.29 is 9.47 Å². The third-order valence-electron chi connectivity index (χ3n) is 6.22. The number of rotatable bonds is 6. The molecule has 0 spiro atoms. The van der Waals surface area contributed by atoms with Crippen LogP contribution in [0.4, 0.5) is 0 Å². The molecule has 1 aliphatic heterocycles. The Balaban J connectivity index is 1.85. The largest absolute Gasteiger partial charge is 0.353 e. The van der Waals surface area contributed by atoms with Crippen LogP contribution < -0.4 is 15.9 Å². The zero-order valence-electron chi connectivity index (χ0n) is 18.1. The van der Waals surface area contributed by atoms with E-state index in [-0.39, 0.29) is 12.4 Å². The second-order valence-electron chi connectivity index (χ2n) is 8.46. The summed E-state index contributed by atoms with van der Waals surface area (Å²) in [5, 5.41) is 4.30. The summed E-state index contributed by atoms with van der Waals surface area (Å²) in [6.07, 6.45) is 1.14. The van der Waals surface area contributed by atoms with Gasteiger partial charge in [-0.15, -0.1) is 0 Å². The molecule has 3 aromatic carbocycles. The molecule has 0 N–H and O–H groups in total. The monoisotopic (exact) mass is 419 g/mol. The predicted molar refractivity (Wildman–Crippen MR) is 129 cm³/mol. The van der Waals surface area contributed by atoms with Gasteiger partial charge in [0.15, 0.2) is 6.29 Å². The van der Waals surface area contributed by atoms with Crippen molar-refractivity contribution in [3.8, 4) is 0 Å². The fraction of sp³-hybridized carbons (Fsp3) is 0.333. The fourth-order valence-corrected chi connectivity index (χ4v) is 9.46. The highest BCUT2D eigenvalue weighted by Crippen LogP contribution is 2.57. The standard InChI is InChI=1S/C27H32O2P/c1-21-19-28-23(3)29-27(21)22(2)20-30(24-13-7-4-8-14-24,25-15-9-5-10-16-25)26-17-11-6-12-18-26/h4-18,21-23,27H,19-20H2,1-3H3/q+1. The highest BCUT2D eigenvalue weighted by molar-refractivity contribution is 7.95. The van der Waals surface area contributed by atoms with Gasteiger partial charge >= 0.3 is 0 Å². The van der Waals surface area contributed by atoms with E-state index in [0.29, 0.717) is 11.8 Å². The Morgan fingerprint density at radius 3 is 1.63 bits per heavy atom. The summed E-state index contributed by atoms with van der Waals surface area (Å²) in [7, 11) is -1.84. The molecule has 2 nitrogen and oxygen atoms in total. The van der Waals surface area contributed by atoms with Gasteiger partial charge in [-0.1, -0.05) is 68.4 Å². The summed E-state index contributed by atoms with van der Waals surface area (Å²) in [5.74, 6) is 0.792. The van der Waals surface area contributed by atoms with E-state index in [9.17, 15) is 0 Å². The van der Waals surface area contributed by atoms with Gasteiger partial charge in [0.25, 0.3) is 0 Å². The molecule has 4 unspecified atom stereocenters. The highest BCUT2D eigenvalue weighted by atomic mass is 31.2. The summed E-state index contributed by atoms with van der Waals surface area (Å²) in [6.45, 7) is 7.40. The summed E-state index contributed by atoms with van der Waals surface area (Å²) >= 11 is 0. The van der Waals surface area contributed by atoms with Crippen LogP contribution in [0, 0.1) is 11.8 Å². The van der Waals surface area contributed by atoms with Crippen molar-refractivity contribution in [1.29, 1.82) is 0 Å². The molecule has 0 amide bonds. The maximum atomic E-state index is 6.31. The quantitative estimate of drug-likeness (QED) is 0.523. The molecule has 4 rings (SSSR count). The minimum atomic E-state index is -1.84. The first kappa shape index (κ1) is 21.2. The maximum Gasteiger partial charge on any atom is 0.155 e. The Labute approximate surface area is 181 Å². The Morgan fingerprint density at radius 1 is 0.767 bits per heavy atom. The van der Waals surface area contributed by atoms with Gasteiger partial charge in [-0.25, -0.2) is 0 Å². The van der Waals surface area contributed by atoms with Crippen molar-refractivity contribution in [2.24, 2.45) is 11.8 Å². The minimum Gasteiger partial charge on any atom is -0.353 e. The molecular formula is C27H32O2P+. The average molecular weight is 420 g/mol. The van der Waals surface area contributed by atoms with E-state index in [1.54, 1.807) is 0 Å². The minimum absolute atomic E-state index is 0.133. The molecule has 0 bridgehead atoms. The molecule has 0 radical (unpaired) electrons. The van der Waals surface area contributed by atoms with Gasteiger partial charge in [-0.2, -0.15) is 0 Å². The van der Waals surface area contributed by atoms with Crippen LogP contribution in [0.15, 0.2) is 91.0 Å². The van der Waals surface area contributed by atoms with Crippen LogP contribution in [0.3, 0.4) is 0 Å². The molecule has 3 heteroatoms. The van der Waals surface area contributed by atoms with Crippen molar-refractivity contribution in [1.82, 2.24) is 0 Å². The van der Waals surface area contributed by atoms with E-state index in [1.165, 1.54) is 15.9 Å². The van der Waals surface area contributed by atoms with Crippen molar-refractivity contribution in [3.05, 3.63) is 91.0 Å². The SMILES string of the molecule is CC1OCC(C)C(C(C)C[P+](c2ccccc2)(c2ccccc2)c2ccccc2)O1. The van der Waals surface area contributed by atoms with E-state index in [1.807, 2.05) is 6.92 Å². The molecule has 3 aromatic rings. The number of hydrogen-bond acceptors (Lipinski definition) is 2. The number of ether oxygens (including phenoxy) is 2. The lowest BCUT2D eigenvalue weighted by molar-refractivity contribution is -0.234. The maximum absolute atomic E-state index is 6.31. The van der Waals surface area contributed by atoms with Crippen molar-refractivity contribution in [2.75, 3.05) is 12.8 Å². The normalized spacial score (nSPS) is 23.1. The van der Waals surface area contributed by atoms with E-state index < -0.39 is 7.26 Å². The molecule has 0 aliphatic carbocycles. The first-order valence-corrected chi connectivity index (χ1v) is 12.9. The number of benzene rings is 3. The third kappa shape index (κ3) is 4.23. The summed E-state index contributed by atoms with van der Waals surface area (Å²) in [5.41, 5.74) is 0. The Hall–Kier alpha value is -1.99. The molecule has 4 atom stereocenters. The predicted octanol–water partition coefficient (Wildman–Crippen LogP) is 5.01. The van der Waals surface area contributed by atoms with E-state index in [0.717, 1.165) is 12.8 Å². The zero-order chi connectivity index (χ0) is 21.0. The topological polar surface area (TPSA) is 18.5 Å². The van der Waals surface area contributed by atoms with Crippen molar-refractivity contribution in [2.45, 2.75) is 33.2 Å². The van der Waals surface area contributed by atoms with Gasteiger partial charge in [-0.3, -0.25) is 0 Å². The van der Waals surface area contributed by atoms with Gasteiger partial charge in [0.05, 0.1) is 18.9 Å². The van der Waals surface area contributed by atoms with Crippen molar-refractivity contribution in [3.63, 3.8) is 0 Å². The van der Waals surface area contributed by atoms with Crippen LogP contribution in [0.25, 0.3) is 0 Å². The third-order valence-corrected chi connectivity index (χ3v) is 10.9. The van der Waals surface area contributed by atoms with Crippen LogP contribution in [0.5, 0.6) is 0 Å². The molecule has 0 saturated carbocycles. The fourth-order valence-electron chi connectivity index (χ4n) is 4.82. The van der Waals surface area contributed by atoms with E-state index in [2.05, 4.69) is 105 Å².